The smallest absolute Gasteiger partial charge is 0.161 e. The average molecular weight is 301 g/mol. The number of amidine groups is 1. The molecule has 0 bridgehead atoms. The Balaban J connectivity index is 1.78. The topological polar surface area (TPSA) is 24.4 Å². The lowest BCUT2D eigenvalue weighted by Gasteiger charge is -2.23. The summed E-state index contributed by atoms with van der Waals surface area (Å²) in [7, 11) is 0. The molecule has 1 aliphatic carbocycles. The van der Waals surface area contributed by atoms with Crippen LogP contribution < -0.4 is 5.32 Å². The Morgan fingerprint density at radius 1 is 1.28 bits per heavy atom. The molecule has 1 aromatic rings. The van der Waals surface area contributed by atoms with Gasteiger partial charge in [-0.15, -0.1) is 0 Å². The van der Waals surface area contributed by atoms with Crippen molar-refractivity contribution < 1.29 is 0 Å². The summed E-state index contributed by atoms with van der Waals surface area (Å²) < 4.78 is 0. The molecule has 5 heteroatoms. The third kappa shape index (κ3) is 2.49. The van der Waals surface area contributed by atoms with E-state index in [0.717, 1.165) is 22.5 Å². The number of halogens is 2. The SMILES string of the molecule is Clc1cccc(NC2=NC3CCCC3CS2)c1Cl. The lowest BCUT2D eigenvalue weighted by molar-refractivity contribution is 0.535. The number of hydrogen-bond acceptors (Lipinski definition) is 3. The van der Waals surface area contributed by atoms with Crippen molar-refractivity contribution in [1.82, 2.24) is 0 Å². The van der Waals surface area contributed by atoms with Gasteiger partial charge in [-0.1, -0.05) is 47.5 Å². The van der Waals surface area contributed by atoms with E-state index in [1.54, 1.807) is 17.8 Å². The maximum Gasteiger partial charge on any atom is 0.161 e. The Bertz CT molecular complexity index is 490. The third-order valence-corrected chi connectivity index (χ3v) is 5.42. The van der Waals surface area contributed by atoms with Gasteiger partial charge in [0.15, 0.2) is 5.17 Å². The molecule has 0 radical (unpaired) electrons. The van der Waals surface area contributed by atoms with Crippen molar-refractivity contribution in [1.29, 1.82) is 0 Å². The van der Waals surface area contributed by atoms with Crippen molar-refractivity contribution in [2.75, 3.05) is 11.1 Å². The van der Waals surface area contributed by atoms with Crippen LogP contribution in [-0.4, -0.2) is 17.0 Å². The molecule has 3 rings (SSSR count). The second-order valence-corrected chi connectivity index (χ2v) is 6.52. The van der Waals surface area contributed by atoms with E-state index in [-0.39, 0.29) is 0 Å². The fourth-order valence-corrected chi connectivity index (χ4v) is 4.04. The van der Waals surface area contributed by atoms with E-state index < -0.39 is 0 Å². The average Bonchev–Trinajstić information content (AvgIpc) is 2.82. The summed E-state index contributed by atoms with van der Waals surface area (Å²) in [5, 5.41) is 5.41. The van der Waals surface area contributed by atoms with E-state index in [1.165, 1.54) is 19.3 Å². The highest BCUT2D eigenvalue weighted by atomic mass is 35.5. The summed E-state index contributed by atoms with van der Waals surface area (Å²) in [6, 6.07) is 6.12. The molecular weight excluding hydrogens is 287 g/mol. The molecule has 1 heterocycles. The molecule has 18 heavy (non-hydrogen) atoms. The molecule has 2 unspecified atom stereocenters. The van der Waals surface area contributed by atoms with Gasteiger partial charge in [-0.25, -0.2) is 0 Å². The number of rotatable bonds is 1. The van der Waals surface area contributed by atoms with Crippen LogP contribution in [0, 0.1) is 5.92 Å². The fraction of sp³-hybridized carbons (Fsp3) is 0.462. The second kappa shape index (κ2) is 5.32. The first kappa shape index (κ1) is 12.6. The van der Waals surface area contributed by atoms with Gasteiger partial charge in [0.05, 0.1) is 21.8 Å². The van der Waals surface area contributed by atoms with Crippen LogP contribution in [0.2, 0.25) is 10.0 Å². The maximum absolute atomic E-state index is 6.17. The monoisotopic (exact) mass is 300 g/mol. The number of nitrogens with one attached hydrogen (secondary N) is 1. The van der Waals surface area contributed by atoms with Crippen LogP contribution in [0.1, 0.15) is 19.3 Å². The quantitative estimate of drug-likeness (QED) is 0.814. The Morgan fingerprint density at radius 2 is 2.17 bits per heavy atom. The molecule has 0 aromatic heterocycles. The molecule has 1 N–H and O–H groups in total. The van der Waals surface area contributed by atoms with Gasteiger partial charge < -0.3 is 5.32 Å². The van der Waals surface area contributed by atoms with Crippen LogP contribution in [0.5, 0.6) is 0 Å². The minimum Gasteiger partial charge on any atom is -0.334 e. The number of aliphatic imine (C=N–C) groups is 1. The van der Waals surface area contributed by atoms with Gasteiger partial charge in [0.1, 0.15) is 0 Å². The van der Waals surface area contributed by atoms with Gasteiger partial charge in [0.25, 0.3) is 0 Å². The van der Waals surface area contributed by atoms with Crippen molar-refractivity contribution in [3.63, 3.8) is 0 Å². The third-order valence-electron chi connectivity index (χ3n) is 3.53. The van der Waals surface area contributed by atoms with E-state index in [9.17, 15) is 0 Å². The highest BCUT2D eigenvalue weighted by molar-refractivity contribution is 8.14. The highest BCUT2D eigenvalue weighted by Crippen LogP contribution is 2.37. The van der Waals surface area contributed by atoms with Crippen molar-refractivity contribution in [3.05, 3.63) is 28.2 Å². The van der Waals surface area contributed by atoms with Gasteiger partial charge in [0, 0.05) is 5.75 Å². The first-order chi connectivity index (χ1) is 8.74. The zero-order valence-electron chi connectivity index (χ0n) is 9.83. The van der Waals surface area contributed by atoms with Gasteiger partial charge >= 0.3 is 0 Å². The first-order valence-electron chi connectivity index (χ1n) is 6.15. The Labute approximate surface area is 121 Å². The van der Waals surface area contributed by atoms with Gasteiger partial charge in [-0.3, -0.25) is 4.99 Å². The molecule has 1 fully saturated rings. The zero-order valence-corrected chi connectivity index (χ0v) is 12.2. The molecule has 0 spiro atoms. The molecule has 1 aromatic carbocycles. The predicted octanol–water partition coefficient (Wildman–Crippen LogP) is 4.68. The molecule has 1 saturated carbocycles. The Hall–Kier alpha value is -0.380. The normalized spacial score (nSPS) is 26.7. The first-order valence-corrected chi connectivity index (χ1v) is 7.90. The van der Waals surface area contributed by atoms with Crippen LogP contribution >= 0.6 is 35.0 Å². The molecule has 2 atom stereocenters. The van der Waals surface area contributed by atoms with Crippen LogP contribution in [0.15, 0.2) is 23.2 Å². The summed E-state index contributed by atoms with van der Waals surface area (Å²) in [6.07, 6.45) is 3.86. The summed E-state index contributed by atoms with van der Waals surface area (Å²) in [6.45, 7) is 0. The van der Waals surface area contributed by atoms with Crippen molar-refractivity contribution >= 4 is 45.8 Å². The molecule has 2 aliphatic rings. The number of hydrogen-bond donors (Lipinski definition) is 1. The van der Waals surface area contributed by atoms with Crippen molar-refractivity contribution in [2.24, 2.45) is 10.9 Å². The molecular formula is C13H14Cl2N2S. The minimum absolute atomic E-state index is 0.506. The number of anilines is 1. The fourth-order valence-electron chi connectivity index (χ4n) is 2.54. The van der Waals surface area contributed by atoms with Crippen molar-refractivity contribution in [2.45, 2.75) is 25.3 Å². The second-order valence-electron chi connectivity index (χ2n) is 4.73. The predicted molar refractivity (Wildman–Crippen MR) is 81.1 cm³/mol. The van der Waals surface area contributed by atoms with E-state index in [1.807, 2.05) is 12.1 Å². The van der Waals surface area contributed by atoms with Crippen molar-refractivity contribution in [3.8, 4) is 0 Å². The van der Waals surface area contributed by atoms with Crippen LogP contribution in [0.4, 0.5) is 5.69 Å². The van der Waals surface area contributed by atoms with E-state index >= 15 is 0 Å². The highest BCUT2D eigenvalue weighted by Gasteiger charge is 2.31. The lowest BCUT2D eigenvalue weighted by Crippen LogP contribution is -2.25. The van der Waals surface area contributed by atoms with E-state index in [0.29, 0.717) is 16.1 Å². The van der Waals surface area contributed by atoms with Crippen LogP contribution in [-0.2, 0) is 0 Å². The number of nitrogens with zero attached hydrogens (tertiary/aromatic N) is 1. The minimum atomic E-state index is 0.506. The maximum atomic E-state index is 6.17. The van der Waals surface area contributed by atoms with Gasteiger partial charge in [-0.2, -0.15) is 0 Å². The molecule has 0 amide bonds. The van der Waals surface area contributed by atoms with Gasteiger partial charge in [0.2, 0.25) is 0 Å². The van der Waals surface area contributed by atoms with E-state index in [2.05, 4.69) is 5.32 Å². The number of fused-ring (bicyclic) bond motifs is 1. The Kier molecular flexibility index (Phi) is 3.73. The summed E-state index contributed by atoms with van der Waals surface area (Å²) in [4.78, 5) is 4.78. The largest absolute Gasteiger partial charge is 0.334 e. The molecule has 0 saturated heterocycles. The Morgan fingerprint density at radius 3 is 3.06 bits per heavy atom. The standard InChI is InChI=1S/C13H14Cl2N2S/c14-9-4-2-6-11(12(9)15)17-13-16-10-5-1-3-8(10)7-18-13/h2,4,6,8,10H,1,3,5,7H2,(H,16,17). The summed E-state index contributed by atoms with van der Waals surface area (Å²) in [5.41, 5.74) is 0.840. The number of thioether (sulfide) groups is 1. The van der Waals surface area contributed by atoms with Crippen LogP contribution in [0.25, 0.3) is 0 Å². The van der Waals surface area contributed by atoms with Gasteiger partial charge in [-0.05, 0) is 30.9 Å². The number of benzene rings is 1. The molecule has 2 nitrogen and oxygen atoms in total. The summed E-state index contributed by atoms with van der Waals surface area (Å²) >= 11 is 14.0. The lowest BCUT2D eigenvalue weighted by atomic mass is 10.1. The zero-order chi connectivity index (χ0) is 12.5. The van der Waals surface area contributed by atoms with Crippen LogP contribution in [0.3, 0.4) is 0 Å². The van der Waals surface area contributed by atoms with E-state index in [4.69, 9.17) is 28.2 Å². The molecule has 96 valence electrons. The molecule has 1 aliphatic heterocycles. The summed E-state index contributed by atoms with van der Waals surface area (Å²) in [5.74, 6) is 1.93.